The Morgan fingerprint density at radius 1 is 1.15 bits per heavy atom. The predicted octanol–water partition coefficient (Wildman–Crippen LogP) is 5.07. The van der Waals surface area contributed by atoms with E-state index in [0.717, 1.165) is 16.9 Å². The number of carbonyl (C=O) groups is 1. The van der Waals surface area contributed by atoms with Crippen LogP contribution in [0.25, 0.3) is 0 Å². The van der Waals surface area contributed by atoms with Crippen LogP contribution in [-0.2, 0) is 0 Å². The van der Waals surface area contributed by atoms with Gasteiger partial charge in [-0.25, -0.2) is 4.98 Å². The maximum absolute atomic E-state index is 12.6. The van der Waals surface area contributed by atoms with Gasteiger partial charge >= 0.3 is 0 Å². The maximum atomic E-state index is 12.6. The zero-order valence-electron chi connectivity index (χ0n) is 15.4. The van der Waals surface area contributed by atoms with Crippen molar-refractivity contribution in [1.82, 2.24) is 4.98 Å². The molecule has 0 radical (unpaired) electrons. The van der Waals surface area contributed by atoms with Crippen LogP contribution in [0.2, 0.25) is 5.02 Å². The molecule has 0 fully saturated rings. The first-order valence-corrected chi connectivity index (χ1v) is 8.77. The van der Waals surface area contributed by atoms with Crippen LogP contribution in [0.4, 0.5) is 17.2 Å². The first-order valence-electron chi connectivity index (χ1n) is 8.40. The van der Waals surface area contributed by atoms with Crippen molar-refractivity contribution in [3.8, 4) is 5.75 Å². The van der Waals surface area contributed by atoms with Gasteiger partial charge in [-0.3, -0.25) is 4.79 Å². The second kappa shape index (κ2) is 8.10. The molecule has 1 aromatic heterocycles. The van der Waals surface area contributed by atoms with E-state index >= 15 is 0 Å². The van der Waals surface area contributed by atoms with E-state index in [1.165, 1.54) is 0 Å². The molecule has 0 aliphatic rings. The number of para-hydroxylation sites is 1. The Labute approximate surface area is 163 Å². The molecule has 0 bridgehead atoms. The van der Waals surface area contributed by atoms with Gasteiger partial charge in [-0.2, -0.15) is 0 Å². The van der Waals surface area contributed by atoms with Gasteiger partial charge in [-0.1, -0.05) is 29.8 Å². The molecule has 0 aliphatic heterocycles. The molecule has 27 heavy (non-hydrogen) atoms. The molecular formula is C21H20ClN3O2. The molecule has 5 nitrogen and oxygen atoms in total. The lowest BCUT2D eigenvalue weighted by Gasteiger charge is -2.17. The van der Waals surface area contributed by atoms with Crippen molar-refractivity contribution in [2.45, 2.75) is 6.92 Å². The standard InChI is InChI=1S/C21H20ClN3O2/c1-14-11-18(19(27-3)12-17(14)22)24-20-10-9-15(13-23-20)21(26)25(2)16-7-5-4-6-8-16/h4-13H,1-3H3,(H,23,24). The number of aromatic nitrogens is 1. The highest BCUT2D eigenvalue weighted by Gasteiger charge is 2.14. The van der Waals surface area contributed by atoms with Gasteiger partial charge in [0.15, 0.2) is 0 Å². The van der Waals surface area contributed by atoms with Crippen molar-refractivity contribution >= 4 is 34.7 Å². The van der Waals surface area contributed by atoms with Crippen LogP contribution < -0.4 is 15.0 Å². The minimum atomic E-state index is -0.125. The van der Waals surface area contributed by atoms with Crippen LogP contribution in [0.3, 0.4) is 0 Å². The summed E-state index contributed by atoms with van der Waals surface area (Å²) >= 11 is 6.14. The summed E-state index contributed by atoms with van der Waals surface area (Å²) < 4.78 is 5.36. The quantitative estimate of drug-likeness (QED) is 0.670. The molecule has 3 aromatic rings. The van der Waals surface area contributed by atoms with Gasteiger partial charge in [0.25, 0.3) is 5.91 Å². The first-order chi connectivity index (χ1) is 13.0. The van der Waals surface area contributed by atoms with E-state index in [-0.39, 0.29) is 5.91 Å². The Morgan fingerprint density at radius 3 is 2.52 bits per heavy atom. The molecule has 0 saturated heterocycles. The highest BCUT2D eigenvalue weighted by Crippen LogP contribution is 2.32. The summed E-state index contributed by atoms with van der Waals surface area (Å²) in [4.78, 5) is 18.6. The normalized spacial score (nSPS) is 10.4. The first kappa shape index (κ1) is 18.7. The predicted molar refractivity (Wildman–Crippen MR) is 109 cm³/mol. The third kappa shape index (κ3) is 4.20. The molecule has 0 atom stereocenters. The van der Waals surface area contributed by atoms with Crippen LogP contribution in [0.1, 0.15) is 15.9 Å². The third-order valence-corrected chi connectivity index (χ3v) is 4.61. The molecule has 6 heteroatoms. The monoisotopic (exact) mass is 381 g/mol. The molecule has 0 spiro atoms. The molecule has 138 valence electrons. The SMILES string of the molecule is COc1cc(Cl)c(C)cc1Nc1ccc(C(=O)N(C)c2ccccc2)cn1. The molecule has 1 N–H and O–H groups in total. The largest absolute Gasteiger partial charge is 0.495 e. The number of nitrogens with one attached hydrogen (secondary N) is 1. The van der Waals surface area contributed by atoms with E-state index in [4.69, 9.17) is 16.3 Å². The van der Waals surface area contributed by atoms with Crippen molar-refractivity contribution in [3.63, 3.8) is 0 Å². The summed E-state index contributed by atoms with van der Waals surface area (Å²) in [5.74, 6) is 1.10. The number of aryl methyl sites for hydroxylation is 1. The van der Waals surface area contributed by atoms with Crippen molar-refractivity contribution in [2.75, 3.05) is 24.4 Å². The van der Waals surface area contributed by atoms with E-state index in [0.29, 0.717) is 22.2 Å². The fourth-order valence-electron chi connectivity index (χ4n) is 2.62. The molecule has 0 unspecified atom stereocenters. The topological polar surface area (TPSA) is 54.5 Å². The summed E-state index contributed by atoms with van der Waals surface area (Å²) in [6.07, 6.45) is 1.55. The molecule has 0 aliphatic carbocycles. The van der Waals surface area contributed by atoms with Crippen LogP contribution in [0, 0.1) is 6.92 Å². The number of hydrogen-bond donors (Lipinski definition) is 1. The summed E-state index contributed by atoms with van der Waals surface area (Å²) in [6.45, 7) is 1.92. The average molecular weight is 382 g/mol. The maximum Gasteiger partial charge on any atom is 0.259 e. The van der Waals surface area contributed by atoms with Crippen LogP contribution in [0.15, 0.2) is 60.8 Å². The number of halogens is 1. The molecule has 0 saturated carbocycles. The van der Waals surface area contributed by atoms with Gasteiger partial charge in [-0.15, -0.1) is 0 Å². The van der Waals surface area contributed by atoms with Crippen molar-refractivity contribution < 1.29 is 9.53 Å². The second-order valence-electron chi connectivity index (χ2n) is 6.06. The number of pyridine rings is 1. The fraction of sp³-hybridized carbons (Fsp3) is 0.143. The number of anilines is 3. The van der Waals surface area contributed by atoms with E-state index in [1.807, 2.05) is 43.3 Å². The Balaban J connectivity index is 1.78. The molecular weight excluding hydrogens is 362 g/mol. The van der Waals surface area contributed by atoms with Crippen molar-refractivity contribution in [3.05, 3.63) is 76.9 Å². The second-order valence-corrected chi connectivity index (χ2v) is 6.47. The van der Waals surface area contributed by atoms with Crippen molar-refractivity contribution in [2.24, 2.45) is 0 Å². The van der Waals surface area contributed by atoms with E-state index < -0.39 is 0 Å². The van der Waals surface area contributed by atoms with E-state index in [9.17, 15) is 4.79 Å². The van der Waals surface area contributed by atoms with Crippen LogP contribution in [0.5, 0.6) is 5.75 Å². The molecule has 3 rings (SSSR count). The number of nitrogens with zero attached hydrogens (tertiary/aromatic N) is 2. The highest BCUT2D eigenvalue weighted by molar-refractivity contribution is 6.31. The van der Waals surface area contributed by atoms with Gasteiger partial charge in [0.1, 0.15) is 11.6 Å². The molecule has 1 heterocycles. The number of rotatable bonds is 5. The molecule has 1 amide bonds. The average Bonchev–Trinajstić information content (AvgIpc) is 2.70. The van der Waals surface area contributed by atoms with Crippen LogP contribution >= 0.6 is 11.6 Å². The smallest absolute Gasteiger partial charge is 0.259 e. The van der Waals surface area contributed by atoms with Crippen LogP contribution in [-0.4, -0.2) is 25.0 Å². The summed E-state index contributed by atoms with van der Waals surface area (Å²) in [5, 5.41) is 3.83. The number of amides is 1. The third-order valence-electron chi connectivity index (χ3n) is 4.20. The lowest BCUT2D eigenvalue weighted by atomic mass is 10.2. The zero-order chi connectivity index (χ0) is 19.4. The highest BCUT2D eigenvalue weighted by atomic mass is 35.5. The molecule has 2 aromatic carbocycles. The van der Waals surface area contributed by atoms with E-state index in [2.05, 4.69) is 10.3 Å². The Kier molecular flexibility index (Phi) is 5.62. The minimum Gasteiger partial charge on any atom is -0.495 e. The Bertz CT molecular complexity index is 944. The van der Waals surface area contributed by atoms with E-state index in [1.54, 1.807) is 43.5 Å². The lowest BCUT2D eigenvalue weighted by molar-refractivity contribution is 0.0992. The lowest BCUT2D eigenvalue weighted by Crippen LogP contribution is -2.26. The number of carbonyl (C=O) groups excluding carboxylic acids is 1. The van der Waals surface area contributed by atoms with Gasteiger partial charge in [-0.05, 0) is 42.8 Å². The summed E-state index contributed by atoms with van der Waals surface area (Å²) in [6, 6.07) is 16.6. The minimum absolute atomic E-state index is 0.125. The number of ether oxygens (including phenoxy) is 1. The Morgan fingerprint density at radius 2 is 1.89 bits per heavy atom. The van der Waals surface area contributed by atoms with Gasteiger partial charge in [0.2, 0.25) is 0 Å². The fourth-order valence-corrected chi connectivity index (χ4v) is 2.78. The van der Waals surface area contributed by atoms with Gasteiger partial charge in [0.05, 0.1) is 18.4 Å². The summed E-state index contributed by atoms with van der Waals surface area (Å²) in [7, 11) is 3.33. The van der Waals surface area contributed by atoms with Gasteiger partial charge in [0, 0.05) is 30.0 Å². The van der Waals surface area contributed by atoms with Gasteiger partial charge < -0.3 is 15.0 Å². The van der Waals surface area contributed by atoms with Crippen molar-refractivity contribution in [1.29, 1.82) is 0 Å². The number of methoxy groups -OCH3 is 1. The number of hydrogen-bond acceptors (Lipinski definition) is 4. The summed E-state index contributed by atoms with van der Waals surface area (Å²) in [5.41, 5.74) is 3.01. The number of benzene rings is 2. The Hall–Kier alpha value is -3.05. The zero-order valence-corrected chi connectivity index (χ0v) is 16.1.